The Morgan fingerprint density at radius 2 is 1.95 bits per heavy atom. The molecule has 108 valence electrons. The van der Waals surface area contributed by atoms with Crippen LogP contribution in [-0.4, -0.2) is 24.6 Å². The van der Waals surface area contributed by atoms with E-state index in [0.29, 0.717) is 12.8 Å². The van der Waals surface area contributed by atoms with E-state index in [4.69, 9.17) is 4.74 Å². The first-order valence-electron chi connectivity index (χ1n) is 6.50. The fourth-order valence-electron chi connectivity index (χ4n) is 2.40. The number of nitrogens with zero attached hydrogens (tertiary/aromatic N) is 1. The molecule has 0 saturated carbocycles. The van der Waals surface area contributed by atoms with E-state index in [2.05, 4.69) is 5.32 Å². The maximum absolute atomic E-state index is 14.2. The van der Waals surface area contributed by atoms with Crippen molar-refractivity contribution in [1.29, 1.82) is 0 Å². The monoisotopic (exact) mass is 280 g/mol. The van der Waals surface area contributed by atoms with Crippen LogP contribution in [0.5, 0.6) is 5.75 Å². The molecule has 0 unspecified atom stereocenters. The van der Waals surface area contributed by atoms with Crippen LogP contribution < -0.4 is 15.0 Å². The van der Waals surface area contributed by atoms with Crippen molar-refractivity contribution in [3.05, 3.63) is 24.0 Å². The first-order valence-corrected chi connectivity index (χ1v) is 6.50. The summed E-state index contributed by atoms with van der Waals surface area (Å²) in [4.78, 5) is 25.4. The lowest BCUT2D eigenvalue weighted by molar-refractivity contribution is -0.122. The number of carbonyl (C=O) groups is 2. The SMILES string of the molecule is CCC1(CC)NC(=O)N(c2cccc(OC)c2F)C1=O. The van der Waals surface area contributed by atoms with Crippen LogP contribution in [0.3, 0.4) is 0 Å². The summed E-state index contributed by atoms with van der Waals surface area (Å²) < 4.78 is 19.1. The third-order valence-corrected chi connectivity index (χ3v) is 3.77. The van der Waals surface area contributed by atoms with Crippen LogP contribution in [0.1, 0.15) is 26.7 Å². The van der Waals surface area contributed by atoms with Gasteiger partial charge in [-0.2, -0.15) is 0 Å². The summed E-state index contributed by atoms with van der Waals surface area (Å²) in [6, 6.07) is 3.75. The Morgan fingerprint density at radius 3 is 2.45 bits per heavy atom. The number of amides is 3. The van der Waals surface area contributed by atoms with E-state index >= 15 is 0 Å². The topological polar surface area (TPSA) is 58.6 Å². The molecule has 0 aliphatic carbocycles. The summed E-state index contributed by atoms with van der Waals surface area (Å²) >= 11 is 0. The molecule has 1 N–H and O–H groups in total. The average molecular weight is 280 g/mol. The zero-order chi connectivity index (χ0) is 14.9. The van der Waals surface area contributed by atoms with Gasteiger partial charge in [0.1, 0.15) is 5.54 Å². The van der Waals surface area contributed by atoms with Crippen molar-refractivity contribution >= 4 is 17.6 Å². The van der Waals surface area contributed by atoms with Gasteiger partial charge in [0.15, 0.2) is 11.6 Å². The first-order chi connectivity index (χ1) is 9.50. The summed E-state index contributed by atoms with van der Waals surface area (Å²) in [5.74, 6) is -1.16. The molecule has 20 heavy (non-hydrogen) atoms. The molecular formula is C14H17FN2O3. The summed E-state index contributed by atoms with van der Waals surface area (Å²) in [5, 5.41) is 2.66. The Bertz CT molecular complexity index is 555. The fraction of sp³-hybridized carbons (Fsp3) is 0.429. The van der Waals surface area contributed by atoms with E-state index < -0.39 is 23.3 Å². The minimum absolute atomic E-state index is 0.00593. The van der Waals surface area contributed by atoms with E-state index in [-0.39, 0.29) is 11.4 Å². The molecule has 0 aromatic heterocycles. The molecule has 1 heterocycles. The van der Waals surface area contributed by atoms with Gasteiger partial charge < -0.3 is 10.1 Å². The normalized spacial score (nSPS) is 17.3. The van der Waals surface area contributed by atoms with Crippen molar-refractivity contribution in [2.45, 2.75) is 32.2 Å². The van der Waals surface area contributed by atoms with Crippen LogP contribution in [0.2, 0.25) is 0 Å². The highest BCUT2D eigenvalue weighted by Crippen LogP contribution is 2.33. The summed E-state index contributed by atoms with van der Waals surface area (Å²) in [5.41, 5.74) is -1.04. The van der Waals surface area contributed by atoms with Crippen LogP contribution in [0.4, 0.5) is 14.9 Å². The molecule has 1 aromatic carbocycles. The lowest BCUT2D eigenvalue weighted by Crippen LogP contribution is -2.45. The number of benzene rings is 1. The van der Waals surface area contributed by atoms with Crippen molar-refractivity contribution in [3.63, 3.8) is 0 Å². The molecule has 2 rings (SSSR count). The Balaban J connectivity index is 2.49. The zero-order valence-corrected chi connectivity index (χ0v) is 11.7. The predicted molar refractivity (Wildman–Crippen MR) is 72.3 cm³/mol. The Labute approximate surface area is 116 Å². The molecule has 1 fully saturated rings. The number of imide groups is 1. The second-order valence-corrected chi connectivity index (χ2v) is 4.65. The Hall–Kier alpha value is -2.11. The van der Waals surface area contributed by atoms with Crippen molar-refractivity contribution in [1.82, 2.24) is 5.32 Å². The number of ether oxygens (including phenoxy) is 1. The highest BCUT2D eigenvalue weighted by atomic mass is 19.1. The van der Waals surface area contributed by atoms with Gasteiger partial charge in [0.05, 0.1) is 12.8 Å². The van der Waals surface area contributed by atoms with Gasteiger partial charge in [0.25, 0.3) is 5.91 Å². The van der Waals surface area contributed by atoms with Crippen molar-refractivity contribution in [2.24, 2.45) is 0 Å². The van der Waals surface area contributed by atoms with Gasteiger partial charge in [-0.15, -0.1) is 0 Å². The standard InChI is InChI=1S/C14H17FN2O3/c1-4-14(5-2)12(18)17(13(19)16-14)9-7-6-8-10(20-3)11(9)15/h6-8H,4-5H2,1-3H3,(H,16,19). The van der Waals surface area contributed by atoms with E-state index in [1.165, 1.54) is 25.3 Å². The van der Waals surface area contributed by atoms with Crippen molar-refractivity contribution < 1.29 is 18.7 Å². The number of urea groups is 1. The average Bonchev–Trinajstić information content (AvgIpc) is 2.71. The minimum atomic E-state index is -0.952. The summed E-state index contributed by atoms with van der Waals surface area (Å²) in [6.45, 7) is 3.63. The number of methoxy groups -OCH3 is 1. The lowest BCUT2D eigenvalue weighted by atomic mass is 9.93. The molecule has 1 saturated heterocycles. The molecule has 0 atom stereocenters. The molecule has 1 aromatic rings. The maximum atomic E-state index is 14.2. The number of nitrogens with one attached hydrogen (secondary N) is 1. The highest BCUT2D eigenvalue weighted by Gasteiger charge is 2.50. The predicted octanol–water partition coefficient (Wildman–Crippen LogP) is 2.45. The quantitative estimate of drug-likeness (QED) is 0.862. The van der Waals surface area contributed by atoms with Gasteiger partial charge in [0.2, 0.25) is 0 Å². The molecular weight excluding hydrogens is 263 g/mol. The summed E-state index contributed by atoms with van der Waals surface area (Å²) in [7, 11) is 1.33. The molecule has 1 aliphatic heterocycles. The molecule has 0 radical (unpaired) electrons. The number of hydrogen-bond donors (Lipinski definition) is 1. The number of anilines is 1. The Kier molecular flexibility index (Phi) is 3.65. The van der Waals surface area contributed by atoms with Gasteiger partial charge in [-0.25, -0.2) is 14.1 Å². The van der Waals surface area contributed by atoms with E-state index in [9.17, 15) is 14.0 Å². The highest BCUT2D eigenvalue weighted by molar-refractivity contribution is 6.23. The smallest absolute Gasteiger partial charge is 0.329 e. The lowest BCUT2D eigenvalue weighted by Gasteiger charge is -2.23. The van der Waals surface area contributed by atoms with Gasteiger partial charge in [-0.1, -0.05) is 19.9 Å². The molecule has 3 amide bonds. The summed E-state index contributed by atoms with van der Waals surface area (Å²) in [6.07, 6.45) is 0.909. The van der Waals surface area contributed by atoms with Gasteiger partial charge in [-0.3, -0.25) is 4.79 Å². The molecule has 0 bridgehead atoms. The minimum Gasteiger partial charge on any atom is -0.494 e. The van der Waals surface area contributed by atoms with Crippen LogP contribution >= 0.6 is 0 Å². The maximum Gasteiger partial charge on any atom is 0.329 e. The number of hydrogen-bond acceptors (Lipinski definition) is 3. The third kappa shape index (κ3) is 1.92. The largest absolute Gasteiger partial charge is 0.494 e. The molecule has 1 aliphatic rings. The zero-order valence-electron chi connectivity index (χ0n) is 11.7. The molecule has 5 nitrogen and oxygen atoms in total. The number of rotatable bonds is 4. The Morgan fingerprint density at radius 1 is 1.30 bits per heavy atom. The number of halogens is 1. The van der Waals surface area contributed by atoms with Crippen LogP contribution in [0, 0.1) is 5.82 Å². The second-order valence-electron chi connectivity index (χ2n) is 4.65. The van der Waals surface area contributed by atoms with Crippen molar-refractivity contribution in [3.8, 4) is 5.75 Å². The molecule has 6 heteroatoms. The third-order valence-electron chi connectivity index (χ3n) is 3.77. The van der Waals surface area contributed by atoms with Crippen LogP contribution in [0.15, 0.2) is 18.2 Å². The van der Waals surface area contributed by atoms with Crippen molar-refractivity contribution in [2.75, 3.05) is 12.0 Å². The van der Waals surface area contributed by atoms with Gasteiger partial charge in [-0.05, 0) is 25.0 Å². The second kappa shape index (κ2) is 5.11. The van der Waals surface area contributed by atoms with E-state index in [0.717, 1.165) is 4.90 Å². The van der Waals surface area contributed by atoms with Gasteiger partial charge in [0, 0.05) is 0 Å². The van der Waals surface area contributed by atoms with Crippen LogP contribution in [-0.2, 0) is 4.79 Å². The van der Waals surface area contributed by atoms with E-state index in [1.54, 1.807) is 0 Å². The van der Waals surface area contributed by atoms with Crippen LogP contribution in [0.25, 0.3) is 0 Å². The molecule has 0 spiro atoms. The number of carbonyl (C=O) groups excluding carboxylic acids is 2. The van der Waals surface area contributed by atoms with E-state index in [1.807, 2.05) is 13.8 Å². The van der Waals surface area contributed by atoms with Gasteiger partial charge >= 0.3 is 6.03 Å². The first kappa shape index (κ1) is 14.3. The fourth-order valence-corrected chi connectivity index (χ4v) is 2.40.